The first kappa shape index (κ1) is 17.1. The van der Waals surface area contributed by atoms with Crippen molar-refractivity contribution in [2.24, 2.45) is 0 Å². The van der Waals surface area contributed by atoms with Gasteiger partial charge >= 0.3 is 0 Å². The Morgan fingerprint density at radius 2 is 2.09 bits per heavy atom. The van der Waals surface area contributed by atoms with E-state index in [1.807, 2.05) is 13.0 Å². The summed E-state index contributed by atoms with van der Waals surface area (Å²) in [5, 5.41) is 0.899. The molecule has 7 heteroatoms. The van der Waals surface area contributed by atoms with Gasteiger partial charge in [-0.3, -0.25) is 9.69 Å². The third kappa shape index (κ3) is 4.35. The number of nitrogens with zero attached hydrogens (tertiary/aromatic N) is 2. The van der Waals surface area contributed by atoms with Crippen molar-refractivity contribution in [1.29, 1.82) is 0 Å². The molecule has 1 amide bonds. The lowest BCUT2D eigenvalue weighted by atomic mass is 10.3. The van der Waals surface area contributed by atoms with Crippen LogP contribution in [0.5, 0.6) is 5.75 Å². The number of hydrogen-bond acceptors (Lipinski definition) is 3. The van der Waals surface area contributed by atoms with Crippen LogP contribution in [-0.2, 0) is 4.79 Å². The third-order valence-corrected chi connectivity index (χ3v) is 3.87. The van der Waals surface area contributed by atoms with Crippen LogP contribution in [0.2, 0.25) is 10.0 Å². The fourth-order valence-electron chi connectivity index (χ4n) is 1.80. The number of aromatic nitrogens is 1. The Hall–Kier alpha value is -1.30. The maximum Gasteiger partial charge on any atom is 0.266 e. The quantitative estimate of drug-likeness (QED) is 0.733. The Morgan fingerprint density at radius 1 is 1.32 bits per heavy atom. The second-order valence-corrected chi connectivity index (χ2v) is 6.10. The van der Waals surface area contributed by atoms with Crippen LogP contribution in [0, 0.1) is 0 Å². The monoisotopic (exact) mass is 402 g/mol. The van der Waals surface area contributed by atoms with Crippen molar-refractivity contribution >= 4 is 50.9 Å². The van der Waals surface area contributed by atoms with Crippen molar-refractivity contribution in [1.82, 2.24) is 4.98 Å². The zero-order valence-corrected chi connectivity index (χ0v) is 14.8. The lowest BCUT2D eigenvalue weighted by Crippen LogP contribution is -2.35. The number of amides is 1. The molecule has 0 saturated carbocycles. The molecule has 0 spiro atoms. The minimum Gasteiger partial charge on any atom is -0.482 e. The van der Waals surface area contributed by atoms with Gasteiger partial charge in [-0.05, 0) is 47.1 Å². The third-order valence-electron chi connectivity index (χ3n) is 2.85. The molecule has 0 fully saturated rings. The van der Waals surface area contributed by atoms with Crippen molar-refractivity contribution in [3.8, 4) is 5.75 Å². The van der Waals surface area contributed by atoms with Crippen LogP contribution in [0.25, 0.3) is 0 Å². The molecule has 0 N–H and O–H groups in total. The van der Waals surface area contributed by atoms with Gasteiger partial charge in [0.1, 0.15) is 11.6 Å². The fraction of sp³-hybridized carbons (Fsp3) is 0.200. The Morgan fingerprint density at radius 3 is 2.73 bits per heavy atom. The SMILES string of the molecule is CCN(C(=O)COc1cc(Cl)ccc1Cl)c1ccc(Br)cn1. The van der Waals surface area contributed by atoms with E-state index < -0.39 is 0 Å². The highest BCUT2D eigenvalue weighted by Crippen LogP contribution is 2.27. The first-order valence-corrected chi connectivity index (χ1v) is 8.06. The zero-order chi connectivity index (χ0) is 16.1. The summed E-state index contributed by atoms with van der Waals surface area (Å²) >= 11 is 15.2. The highest BCUT2D eigenvalue weighted by atomic mass is 79.9. The van der Waals surface area contributed by atoms with E-state index >= 15 is 0 Å². The van der Waals surface area contributed by atoms with Crippen LogP contribution in [0.1, 0.15) is 6.92 Å². The second-order valence-electron chi connectivity index (χ2n) is 4.34. The van der Waals surface area contributed by atoms with Gasteiger partial charge in [-0.25, -0.2) is 4.98 Å². The molecule has 0 aliphatic rings. The van der Waals surface area contributed by atoms with Gasteiger partial charge < -0.3 is 4.74 Å². The van der Waals surface area contributed by atoms with Crippen molar-refractivity contribution < 1.29 is 9.53 Å². The molecule has 0 aliphatic carbocycles. The Bertz CT molecular complexity index is 665. The molecule has 1 aromatic heterocycles. The van der Waals surface area contributed by atoms with Crippen LogP contribution in [0.15, 0.2) is 41.0 Å². The Labute approximate surface area is 147 Å². The average Bonchev–Trinajstić information content (AvgIpc) is 2.51. The number of carbonyl (C=O) groups excluding carboxylic acids is 1. The van der Waals surface area contributed by atoms with E-state index in [1.165, 1.54) is 4.90 Å². The molecule has 1 aromatic carbocycles. The van der Waals surface area contributed by atoms with E-state index in [0.717, 1.165) is 4.47 Å². The van der Waals surface area contributed by atoms with Crippen LogP contribution in [0.3, 0.4) is 0 Å². The van der Waals surface area contributed by atoms with Gasteiger partial charge in [0.05, 0.1) is 5.02 Å². The molecule has 0 saturated heterocycles. The molecular weight excluding hydrogens is 391 g/mol. The van der Waals surface area contributed by atoms with Gasteiger partial charge in [-0.2, -0.15) is 0 Å². The molecular formula is C15H13BrCl2N2O2. The molecule has 2 aromatic rings. The van der Waals surface area contributed by atoms with Crippen molar-refractivity contribution in [3.05, 3.63) is 51.0 Å². The Kier molecular flexibility index (Phi) is 6.06. The predicted molar refractivity (Wildman–Crippen MR) is 91.9 cm³/mol. The van der Waals surface area contributed by atoms with Gasteiger partial charge in [0.25, 0.3) is 5.91 Å². The summed E-state index contributed by atoms with van der Waals surface area (Å²) in [4.78, 5) is 18.0. The van der Waals surface area contributed by atoms with E-state index in [4.69, 9.17) is 27.9 Å². The number of rotatable bonds is 5. The average molecular weight is 404 g/mol. The molecule has 0 aliphatic heterocycles. The molecule has 116 valence electrons. The number of anilines is 1. The number of benzene rings is 1. The minimum atomic E-state index is -0.214. The van der Waals surface area contributed by atoms with Gasteiger partial charge in [-0.15, -0.1) is 0 Å². The van der Waals surface area contributed by atoms with Gasteiger partial charge in [0.15, 0.2) is 6.61 Å². The molecule has 0 atom stereocenters. The van der Waals surface area contributed by atoms with Gasteiger partial charge in [0.2, 0.25) is 0 Å². The molecule has 4 nitrogen and oxygen atoms in total. The van der Waals surface area contributed by atoms with E-state index in [-0.39, 0.29) is 12.5 Å². The lowest BCUT2D eigenvalue weighted by molar-refractivity contribution is -0.120. The van der Waals surface area contributed by atoms with Crippen LogP contribution in [-0.4, -0.2) is 24.0 Å². The summed E-state index contributed by atoms with van der Waals surface area (Å²) in [5.41, 5.74) is 0. The van der Waals surface area contributed by atoms with Crippen LogP contribution in [0.4, 0.5) is 5.82 Å². The zero-order valence-electron chi connectivity index (χ0n) is 11.7. The van der Waals surface area contributed by atoms with Crippen molar-refractivity contribution in [2.75, 3.05) is 18.1 Å². The summed E-state index contributed by atoms with van der Waals surface area (Å²) in [6.07, 6.45) is 1.64. The summed E-state index contributed by atoms with van der Waals surface area (Å²) in [5.74, 6) is 0.729. The maximum atomic E-state index is 12.3. The van der Waals surface area contributed by atoms with Crippen molar-refractivity contribution in [3.63, 3.8) is 0 Å². The van der Waals surface area contributed by atoms with E-state index in [2.05, 4.69) is 20.9 Å². The Balaban J connectivity index is 2.06. The summed E-state index contributed by atoms with van der Waals surface area (Å²) in [6.45, 7) is 2.21. The topological polar surface area (TPSA) is 42.4 Å². The minimum absolute atomic E-state index is 0.147. The number of carbonyl (C=O) groups is 1. The van der Waals surface area contributed by atoms with E-state index in [9.17, 15) is 4.79 Å². The normalized spacial score (nSPS) is 10.4. The summed E-state index contributed by atoms with van der Waals surface area (Å²) in [6, 6.07) is 8.44. The molecule has 2 rings (SSSR count). The van der Waals surface area contributed by atoms with Crippen LogP contribution >= 0.6 is 39.1 Å². The molecule has 0 unspecified atom stereocenters. The largest absolute Gasteiger partial charge is 0.482 e. The van der Waals surface area contributed by atoms with Crippen molar-refractivity contribution in [2.45, 2.75) is 6.92 Å². The van der Waals surface area contributed by atoms with Gasteiger partial charge in [-0.1, -0.05) is 23.2 Å². The number of ether oxygens (including phenoxy) is 1. The second kappa shape index (κ2) is 7.81. The molecule has 0 bridgehead atoms. The standard InChI is InChI=1S/C15H13BrCl2N2O2/c1-2-20(14-6-3-10(16)8-19-14)15(21)9-22-13-7-11(17)4-5-12(13)18/h3-8H,2,9H2,1H3. The van der Waals surface area contributed by atoms with Gasteiger partial charge in [0, 0.05) is 28.3 Å². The molecule has 22 heavy (non-hydrogen) atoms. The summed E-state index contributed by atoms with van der Waals surface area (Å²) < 4.78 is 6.31. The summed E-state index contributed by atoms with van der Waals surface area (Å²) in [7, 11) is 0. The number of hydrogen-bond donors (Lipinski definition) is 0. The first-order valence-electron chi connectivity index (χ1n) is 6.51. The fourth-order valence-corrected chi connectivity index (χ4v) is 2.37. The highest BCUT2D eigenvalue weighted by molar-refractivity contribution is 9.10. The number of halogens is 3. The molecule has 0 radical (unpaired) electrons. The van der Waals surface area contributed by atoms with Crippen LogP contribution < -0.4 is 9.64 Å². The maximum absolute atomic E-state index is 12.3. The smallest absolute Gasteiger partial charge is 0.266 e. The number of likely N-dealkylation sites (N-methyl/N-ethyl adjacent to an activating group) is 1. The first-order chi connectivity index (χ1) is 10.5. The molecule has 1 heterocycles. The predicted octanol–water partition coefficient (Wildman–Crippen LogP) is 4.58. The lowest BCUT2D eigenvalue weighted by Gasteiger charge is -2.20. The highest BCUT2D eigenvalue weighted by Gasteiger charge is 2.16. The van der Waals surface area contributed by atoms with E-state index in [1.54, 1.807) is 30.5 Å². The number of pyridine rings is 1. The van der Waals surface area contributed by atoms with E-state index in [0.29, 0.717) is 28.2 Å².